The van der Waals surface area contributed by atoms with Crippen LogP contribution in [0.5, 0.6) is 0 Å². The van der Waals surface area contributed by atoms with Gasteiger partial charge in [0.05, 0.1) is 11.6 Å². The molecule has 1 unspecified atom stereocenters. The predicted molar refractivity (Wildman–Crippen MR) is 77.4 cm³/mol. The quantitative estimate of drug-likeness (QED) is 0.856. The van der Waals surface area contributed by atoms with Crippen LogP contribution in [-0.2, 0) is 15.8 Å². The van der Waals surface area contributed by atoms with Crippen molar-refractivity contribution in [2.45, 2.75) is 32.0 Å². The molecule has 0 saturated carbocycles. The maximum Gasteiger partial charge on any atom is 0.419 e. The number of hydrogen-bond donors (Lipinski definition) is 1. The molecule has 1 aromatic carbocycles. The normalized spacial score (nSPS) is 16.7. The second-order valence-corrected chi connectivity index (χ2v) is 5.40. The number of nitrogens with zero attached hydrogens (tertiary/aromatic N) is 2. The summed E-state index contributed by atoms with van der Waals surface area (Å²) in [7, 11) is 1.41. The summed E-state index contributed by atoms with van der Waals surface area (Å²) in [5.74, 6) is -2.19. The topological polar surface area (TPSA) is 61.8 Å². The molecule has 0 aromatic heterocycles. The Kier molecular flexibility index (Phi) is 4.91. The van der Waals surface area contributed by atoms with Gasteiger partial charge in [0, 0.05) is 19.9 Å². The number of carbonyl (C=O) groups excluding carboxylic acids is 2. The van der Waals surface area contributed by atoms with E-state index < -0.39 is 29.5 Å². The number of hydrogen-bond acceptors (Lipinski definition) is 3. The molecule has 0 bridgehead atoms. The van der Waals surface area contributed by atoms with Gasteiger partial charge in [-0.15, -0.1) is 0 Å². The third-order valence-corrected chi connectivity index (χ3v) is 3.61. The Labute approximate surface area is 135 Å². The molecule has 24 heavy (non-hydrogen) atoms. The van der Waals surface area contributed by atoms with E-state index >= 15 is 0 Å². The summed E-state index contributed by atoms with van der Waals surface area (Å²) in [4.78, 5) is 23.4. The van der Waals surface area contributed by atoms with Crippen molar-refractivity contribution < 1.29 is 27.2 Å². The van der Waals surface area contributed by atoms with Crippen LogP contribution >= 0.6 is 0 Å². The molecular formula is C15H15F4N3O2. The maximum atomic E-state index is 13.3. The van der Waals surface area contributed by atoms with Gasteiger partial charge < -0.3 is 5.32 Å². The van der Waals surface area contributed by atoms with E-state index in [1.165, 1.54) is 20.0 Å². The lowest BCUT2D eigenvalue weighted by Crippen LogP contribution is -2.38. The highest BCUT2D eigenvalue weighted by Crippen LogP contribution is 2.33. The molecule has 0 saturated heterocycles. The largest absolute Gasteiger partial charge is 0.419 e. The second-order valence-electron chi connectivity index (χ2n) is 5.40. The zero-order chi connectivity index (χ0) is 18.1. The van der Waals surface area contributed by atoms with Crippen LogP contribution in [0.1, 0.15) is 36.9 Å². The van der Waals surface area contributed by atoms with E-state index in [0.29, 0.717) is 12.1 Å². The van der Waals surface area contributed by atoms with Crippen LogP contribution in [-0.4, -0.2) is 29.6 Å². The number of amides is 2. The van der Waals surface area contributed by atoms with Gasteiger partial charge in [0.25, 0.3) is 5.91 Å². The molecule has 9 heteroatoms. The van der Waals surface area contributed by atoms with Gasteiger partial charge in [0.15, 0.2) is 0 Å². The maximum absolute atomic E-state index is 13.3. The van der Waals surface area contributed by atoms with Crippen molar-refractivity contribution in [3.8, 4) is 0 Å². The van der Waals surface area contributed by atoms with E-state index in [-0.39, 0.29) is 30.0 Å². The lowest BCUT2D eigenvalue weighted by molar-refractivity contribution is -0.140. The van der Waals surface area contributed by atoms with Crippen molar-refractivity contribution in [3.05, 3.63) is 35.1 Å². The van der Waals surface area contributed by atoms with Gasteiger partial charge in [-0.1, -0.05) is 6.07 Å². The van der Waals surface area contributed by atoms with Crippen LogP contribution in [0.2, 0.25) is 0 Å². The molecule has 0 radical (unpaired) electrons. The highest BCUT2D eigenvalue weighted by molar-refractivity contribution is 6.39. The zero-order valence-electron chi connectivity index (χ0n) is 12.9. The fraction of sp³-hybridized carbons (Fsp3) is 0.400. The number of nitrogens with one attached hydrogen (secondary N) is 1. The average Bonchev–Trinajstić information content (AvgIpc) is 2.49. The van der Waals surface area contributed by atoms with E-state index in [9.17, 15) is 27.2 Å². The monoisotopic (exact) mass is 345 g/mol. The number of halogens is 4. The minimum atomic E-state index is -4.82. The first-order valence-corrected chi connectivity index (χ1v) is 7.11. The summed E-state index contributed by atoms with van der Waals surface area (Å²) >= 11 is 0. The molecule has 0 fully saturated rings. The highest BCUT2D eigenvalue weighted by Gasteiger charge is 2.34. The van der Waals surface area contributed by atoms with Crippen LogP contribution in [0.15, 0.2) is 23.3 Å². The van der Waals surface area contributed by atoms with Gasteiger partial charge in [0.1, 0.15) is 11.5 Å². The fourth-order valence-corrected chi connectivity index (χ4v) is 2.23. The van der Waals surface area contributed by atoms with Gasteiger partial charge in [0.2, 0.25) is 5.91 Å². The SMILES string of the molecule is CC(NC(=O)C1=NN(C)C(=O)CC1)c1ccc(F)c(C(F)(F)F)c1. The van der Waals surface area contributed by atoms with E-state index in [1.807, 2.05) is 0 Å². The number of rotatable bonds is 3. The molecule has 5 nitrogen and oxygen atoms in total. The van der Waals surface area contributed by atoms with Crippen LogP contribution in [0.3, 0.4) is 0 Å². The van der Waals surface area contributed by atoms with Gasteiger partial charge in [-0.25, -0.2) is 9.40 Å². The summed E-state index contributed by atoms with van der Waals surface area (Å²) < 4.78 is 51.5. The molecule has 1 aromatic rings. The second kappa shape index (κ2) is 6.58. The molecule has 2 amide bonds. The third-order valence-electron chi connectivity index (χ3n) is 3.61. The molecule has 1 N–H and O–H groups in total. The smallest absolute Gasteiger partial charge is 0.344 e. The van der Waals surface area contributed by atoms with Crippen molar-refractivity contribution in [2.75, 3.05) is 7.05 Å². The standard InChI is InChI=1S/C15H15F4N3O2/c1-8(9-3-4-11(16)10(7-9)15(17,18)19)20-14(24)12-5-6-13(23)22(2)21-12/h3-4,7-8H,5-6H2,1-2H3,(H,20,24). The van der Waals surface area contributed by atoms with E-state index in [0.717, 1.165) is 5.01 Å². The lowest BCUT2D eigenvalue weighted by Gasteiger charge is -2.21. The minimum absolute atomic E-state index is 0.109. The van der Waals surface area contributed by atoms with Gasteiger partial charge >= 0.3 is 6.18 Å². The molecule has 1 aliphatic rings. The zero-order valence-corrected chi connectivity index (χ0v) is 12.9. The van der Waals surface area contributed by atoms with E-state index in [1.54, 1.807) is 0 Å². The predicted octanol–water partition coefficient (Wildman–Crippen LogP) is 2.63. The number of hydrazone groups is 1. The Morgan fingerprint density at radius 1 is 1.33 bits per heavy atom. The Morgan fingerprint density at radius 3 is 2.58 bits per heavy atom. The molecule has 0 spiro atoms. The Bertz CT molecular complexity index is 700. The molecule has 0 aliphatic carbocycles. The number of carbonyl (C=O) groups is 2. The first kappa shape index (κ1) is 17.9. The van der Waals surface area contributed by atoms with Crippen LogP contribution in [0.25, 0.3) is 0 Å². The average molecular weight is 345 g/mol. The lowest BCUT2D eigenvalue weighted by atomic mass is 10.0. The van der Waals surface area contributed by atoms with Crippen LogP contribution < -0.4 is 5.32 Å². The van der Waals surface area contributed by atoms with Crippen molar-refractivity contribution in [2.24, 2.45) is 5.10 Å². The summed E-state index contributed by atoms with van der Waals surface area (Å²) in [5, 5.41) is 7.38. The van der Waals surface area contributed by atoms with Gasteiger partial charge in [-0.05, 0) is 24.6 Å². The molecule has 1 heterocycles. The molecular weight excluding hydrogens is 330 g/mol. The van der Waals surface area contributed by atoms with Gasteiger partial charge in [-0.3, -0.25) is 9.59 Å². The van der Waals surface area contributed by atoms with Crippen molar-refractivity contribution in [1.29, 1.82) is 0 Å². The molecule has 1 atom stereocenters. The first-order valence-electron chi connectivity index (χ1n) is 7.11. The Morgan fingerprint density at radius 2 is 2.00 bits per heavy atom. The summed E-state index contributed by atoms with van der Waals surface area (Å²) in [5.41, 5.74) is -1.17. The van der Waals surface area contributed by atoms with Crippen molar-refractivity contribution in [1.82, 2.24) is 10.3 Å². The first-order chi connectivity index (χ1) is 11.1. The molecule has 1 aliphatic heterocycles. The van der Waals surface area contributed by atoms with Crippen LogP contribution in [0, 0.1) is 5.82 Å². The van der Waals surface area contributed by atoms with Crippen molar-refractivity contribution >= 4 is 17.5 Å². The third kappa shape index (κ3) is 3.90. The molecule has 2 rings (SSSR count). The highest BCUT2D eigenvalue weighted by atomic mass is 19.4. The van der Waals surface area contributed by atoms with E-state index in [4.69, 9.17) is 0 Å². The van der Waals surface area contributed by atoms with Crippen molar-refractivity contribution in [3.63, 3.8) is 0 Å². The van der Waals surface area contributed by atoms with Gasteiger partial charge in [-0.2, -0.15) is 18.3 Å². The van der Waals surface area contributed by atoms with E-state index in [2.05, 4.69) is 10.4 Å². The minimum Gasteiger partial charge on any atom is -0.344 e. The molecule has 130 valence electrons. The fourth-order valence-electron chi connectivity index (χ4n) is 2.23. The number of benzene rings is 1. The summed E-state index contributed by atoms with van der Waals surface area (Å²) in [6, 6.07) is 1.77. The Balaban J connectivity index is 2.15. The van der Waals surface area contributed by atoms with Crippen LogP contribution in [0.4, 0.5) is 17.6 Å². The summed E-state index contributed by atoms with van der Waals surface area (Å²) in [6.07, 6.45) is -4.54. The summed E-state index contributed by atoms with van der Waals surface area (Å²) in [6.45, 7) is 1.48. The Hall–Kier alpha value is -2.45. The number of alkyl halides is 3.